The van der Waals surface area contributed by atoms with Gasteiger partial charge >= 0.3 is 173 Å². The van der Waals surface area contributed by atoms with Crippen LogP contribution in [0.1, 0.15) is 137 Å². The number of carboxylic acid groups (broad SMARTS) is 1. The van der Waals surface area contributed by atoms with Crippen molar-refractivity contribution in [2.24, 2.45) is 46.3 Å². The Hall–Kier alpha value is -0.0717. The van der Waals surface area contributed by atoms with Crippen molar-refractivity contribution in [3.8, 4) is 0 Å². The molecule has 1 unspecified atom stereocenters. The third-order valence-corrected chi connectivity index (χ3v) is 17.7. The Morgan fingerprint density at radius 1 is 1.00 bits per heavy atom. The van der Waals surface area contributed by atoms with E-state index < -0.39 is 13.1 Å². The number of allylic oxidation sites excluding steroid dienone is 1. The molecule has 0 aromatic heterocycles. The molecule has 6 nitrogen and oxygen atoms in total. The van der Waals surface area contributed by atoms with Gasteiger partial charge in [0.1, 0.15) is 0 Å². The summed E-state index contributed by atoms with van der Waals surface area (Å²) in [4.78, 5) is 10.8. The Balaban J connectivity index is 0.000000523. The number of carbonyl (C=O) groups is 1. The van der Waals surface area contributed by atoms with Gasteiger partial charge in [0.25, 0.3) is 0 Å². The number of hydrogen-bond acceptors (Lipinski definition) is 3. The number of hydrogen-bond donors (Lipinski definition) is 1. The molecule has 0 aromatic rings. The molecule has 11 atom stereocenters. The Morgan fingerprint density at radius 3 is 2.33 bits per heavy atom. The normalized spacial score (nSPS) is 39.2. The first-order chi connectivity index (χ1) is 21.7. The van der Waals surface area contributed by atoms with Crippen LogP contribution in [0.3, 0.4) is 0 Å². The molecule has 0 saturated heterocycles. The molecule has 3 N–H and O–H groups in total. The average molecular weight is 842 g/mol. The third kappa shape index (κ3) is 9.58. The van der Waals surface area contributed by atoms with Crippen LogP contribution in [0.4, 0.5) is 0 Å². The summed E-state index contributed by atoms with van der Waals surface area (Å²) >= 11 is 1.94. The van der Waals surface area contributed by atoms with E-state index in [0.29, 0.717) is 23.2 Å². The molecule has 4 fully saturated rings. The molecule has 5 aliphatic carbocycles. The average Bonchev–Trinajstić information content (AvgIpc) is 3.35. The number of nitrogens with one attached hydrogen (secondary N) is 2. The molecule has 0 aliphatic heterocycles. The molecule has 0 spiro atoms. The van der Waals surface area contributed by atoms with Gasteiger partial charge in [0.15, 0.2) is 0 Å². The summed E-state index contributed by atoms with van der Waals surface area (Å²) in [6.45, 7) is 13.0. The monoisotopic (exact) mass is 841 g/mol. The van der Waals surface area contributed by atoms with Gasteiger partial charge in [-0.1, -0.05) is 72.6 Å². The summed E-state index contributed by atoms with van der Waals surface area (Å²) in [5, 5.41) is 8.91. The molecule has 4 saturated carbocycles. The van der Waals surface area contributed by atoms with Crippen molar-refractivity contribution in [3.05, 3.63) is 23.1 Å². The Labute approximate surface area is 291 Å². The van der Waals surface area contributed by atoms with Crippen LogP contribution < -0.4 is 0 Å². The molecular weight excluding hydrogens is 776 g/mol. The van der Waals surface area contributed by atoms with Crippen LogP contribution in [0.5, 0.6) is 0 Å². The minimum Gasteiger partial charge on any atom is -0.676 e. The van der Waals surface area contributed by atoms with Crippen molar-refractivity contribution in [1.29, 1.82) is 0 Å². The second-order valence-electron chi connectivity index (χ2n) is 16.7. The van der Waals surface area contributed by atoms with E-state index in [2.05, 4.69) is 40.7 Å². The molecule has 270 valence electrons. The molecule has 0 bridgehead atoms. The molecule has 5 rings (SSSR count). The van der Waals surface area contributed by atoms with Crippen LogP contribution in [0, 0.1) is 46.3 Å². The second-order valence-corrected chi connectivity index (χ2v) is 24.0. The first-order valence-electron chi connectivity index (χ1n) is 18.8. The van der Waals surface area contributed by atoms with E-state index in [-0.39, 0.29) is 30.4 Å². The zero-order valence-corrected chi connectivity index (χ0v) is 32.7. The molecule has 46 heavy (non-hydrogen) atoms. The van der Waals surface area contributed by atoms with Crippen molar-refractivity contribution in [1.82, 2.24) is 0 Å². The summed E-state index contributed by atoms with van der Waals surface area (Å²) in [6.07, 6.45) is 21.5. The quantitative estimate of drug-likeness (QED) is 0.197. The fourth-order valence-electron chi connectivity index (χ4n) is 10.6. The van der Waals surface area contributed by atoms with E-state index in [4.69, 9.17) is 21.3 Å². The standard InChI is InChI=1S/C32H54O4S.C6H12N2.Pt/c1-22(2)7-6-8-23(3)27-11-12-28-26-10-9-24-21-25(36-18-20-37(35)19-15-30(33)34)13-16-31(24,4)29(26)14-17-32(27,28)5;7-5-3-1-2-4-6(5)8;/h9,22-23,25-29H,6-8,10-21H2,1-5H3,(H,33,34);5-8H,1-4H2;/q;-2;/t23-,25+,26+,27-,28+,29+,31+,32-,37?;5-,6-;/m11./s1. The number of carboxylic acids is 1. The predicted octanol–water partition coefficient (Wildman–Crippen LogP) is 10.0. The van der Waals surface area contributed by atoms with E-state index in [0.717, 1.165) is 61.2 Å². The number of aliphatic carboxylic acids is 1. The summed E-state index contributed by atoms with van der Waals surface area (Å²) in [5.41, 5.74) is 17.1. The van der Waals surface area contributed by atoms with E-state index in [1.54, 1.807) is 5.57 Å². The molecule has 0 aromatic carbocycles. The zero-order valence-electron chi connectivity index (χ0n) is 29.6. The SMILES string of the molecule is CC(C)CCC[C@@H](C)[C@H]1CC[C@H]2[C@@H]3CC=C4C[C@@H](OCC[S](=O)(=[Pt])CCC(=O)O)CC[C@]4(C)[C@H]3CC[C@]12C.[NH-][C@@H]1CCCC[C@H]1[NH-]. The molecule has 0 heterocycles. The van der Waals surface area contributed by atoms with Crippen molar-refractivity contribution in [3.63, 3.8) is 0 Å². The maximum absolute atomic E-state index is 12.7. The third-order valence-electron chi connectivity index (χ3n) is 13.4. The van der Waals surface area contributed by atoms with Gasteiger partial charge in [-0.2, -0.15) is 12.1 Å². The van der Waals surface area contributed by atoms with Crippen molar-refractivity contribution in [2.45, 2.75) is 156 Å². The van der Waals surface area contributed by atoms with Crippen molar-refractivity contribution in [2.75, 3.05) is 18.1 Å². The van der Waals surface area contributed by atoms with Gasteiger partial charge in [-0.25, -0.2) is 0 Å². The molecular formula is C38H66N2O4PtS-2. The van der Waals surface area contributed by atoms with Gasteiger partial charge in [0, 0.05) is 0 Å². The van der Waals surface area contributed by atoms with Gasteiger partial charge in [0.2, 0.25) is 0 Å². The van der Waals surface area contributed by atoms with Crippen LogP contribution >= 0.6 is 0 Å². The first kappa shape index (κ1) is 38.7. The topological polar surface area (TPSA) is 111 Å². The molecule has 0 radical (unpaired) electrons. The summed E-state index contributed by atoms with van der Waals surface area (Å²) in [5.74, 6) is 4.98. The Kier molecular flexibility index (Phi) is 14.1. The fraction of sp³-hybridized carbons (Fsp3) is 0.921. The molecule has 0 amide bonds. The second kappa shape index (κ2) is 16.8. The van der Waals surface area contributed by atoms with Crippen LogP contribution in [-0.2, 0) is 34.7 Å². The number of fused-ring (bicyclic) bond motifs is 5. The van der Waals surface area contributed by atoms with Gasteiger partial charge < -0.3 is 11.5 Å². The minimum atomic E-state index is -2.16. The number of rotatable bonds is 12. The summed E-state index contributed by atoms with van der Waals surface area (Å²) in [6, 6.07) is -0.160. The van der Waals surface area contributed by atoms with Crippen molar-refractivity contribution >= 4 is 13.1 Å². The molecule has 5 aliphatic rings. The van der Waals surface area contributed by atoms with Gasteiger partial charge in [-0.15, -0.1) is 0 Å². The first-order valence-corrected chi connectivity index (χ1v) is 23.3. The van der Waals surface area contributed by atoms with Crippen LogP contribution in [0.2, 0.25) is 0 Å². The maximum atomic E-state index is 12.7. The Morgan fingerprint density at radius 2 is 1.70 bits per heavy atom. The van der Waals surface area contributed by atoms with E-state index in [1.807, 2.05) is 18.0 Å². The smallest absolute Gasteiger partial charge is 0.676 e. The van der Waals surface area contributed by atoms with Gasteiger partial charge in [-0.3, -0.25) is 0 Å². The number of ether oxygens (including phenoxy) is 1. The minimum absolute atomic E-state index is 0.0304. The fourth-order valence-corrected chi connectivity index (χ4v) is 12.9. The molecule has 8 heteroatoms. The van der Waals surface area contributed by atoms with E-state index in [9.17, 15) is 9.00 Å². The van der Waals surface area contributed by atoms with Gasteiger partial charge in [0.05, 0.1) is 0 Å². The zero-order chi connectivity index (χ0) is 33.7. The van der Waals surface area contributed by atoms with Gasteiger partial charge in [-0.05, 0) is 24.2 Å². The summed E-state index contributed by atoms with van der Waals surface area (Å²) in [7, 11) is -2.16. The Bertz CT molecular complexity index is 1130. The van der Waals surface area contributed by atoms with E-state index >= 15 is 0 Å². The predicted molar refractivity (Wildman–Crippen MR) is 188 cm³/mol. The van der Waals surface area contributed by atoms with Crippen LogP contribution in [-0.4, -0.2) is 51.6 Å². The summed E-state index contributed by atoms with van der Waals surface area (Å²) < 4.78 is 18.9. The van der Waals surface area contributed by atoms with Crippen LogP contribution in [0.15, 0.2) is 11.6 Å². The van der Waals surface area contributed by atoms with E-state index in [1.165, 1.54) is 70.6 Å². The van der Waals surface area contributed by atoms with Crippen LogP contribution in [0.25, 0.3) is 11.5 Å². The van der Waals surface area contributed by atoms with Crippen molar-refractivity contribution < 1.29 is 36.8 Å².